The van der Waals surface area contributed by atoms with Crippen molar-refractivity contribution in [3.05, 3.63) is 95.2 Å². The van der Waals surface area contributed by atoms with Crippen LogP contribution in [0.2, 0.25) is 0 Å². The third kappa shape index (κ3) is 2.36. The fraction of sp³-hybridized carbons (Fsp3) is 0.105. The van der Waals surface area contributed by atoms with E-state index in [0.29, 0.717) is 11.4 Å². The smallest absolute Gasteiger partial charge is 0.144 e. The van der Waals surface area contributed by atoms with Crippen molar-refractivity contribution >= 4 is 5.82 Å². The molecule has 3 N–H and O–H groups in total. The van der Waals surface area contributed by atoms with Crippen molar-refractivity contribution in [2.45, 2.75) is 12.5 Å². The van der Waals surface area contributed by atoms with Gasteiger partial charge in [0.2, 0.25) is 0 Å². The molecule has 3 heteroatoms. The van der Waals surface area contributed by atoms with Crippen molar-refractivity contribution in [1.29, 1.82) is 0 Å². The van der Waals surface area contributed by atoms with Crippen LogP contribution in [0.4, 0.5) is 5.82 Å². The van der Waals surface area contributed by atoms with Gasteiger partial charge in [0.15, 0.2) is 0 Å². The van der Waals surface area contributed by atoms with E-state index in [-0.39, 0.29) is 0 Å². The lowest BCUT2D eigenvalue weighted by molar-refractivity contribution is 0.126. The van der Waals surface area contributed by atoms with Gasteiger partial charge in [0.25, 0.3) is 0 Å². The van der Waals surface area contributed by atoms with Crippen molar-refractivity contribution in [1.82, 2.24) is 4.98 Å². The van der Waals surface area contributed by atoms with Crippen LogP contribution in [0, 0.1) is 6.92 Å². The zero-order valence-corrected chi connectivity index (χ0v) is 12.4. The fourth-order valence-electron chi connectivity index (χ4n) is 2.71. The number of rotatable bonds is 3. The first-order valence-corrected chi connectivity index (χ1v) is 7.18. The number of hydrogen-bond acceptors (Lipinski definition) is 3. The predicted molar refractivity (Wildman–Crippen MR) is 88.4 cm³/mol. The quantitative estimate of drug-likeness (QED) is 0.778. The van der Waals surface area contributed by atoms with Gasteiger partial charge in [-0.25, -0.2) is 4.98 Å². The molecule has 0 spiro atoms. The number of nitrogens with zero attached hydrogens (tertiary/aromatic N) is 1. The molecule has 1 heterocycles. The lowest BCUT2D eigenvalue weighted by Gasteiger charge is -2.31. The lowest BCUT2D eigenvalue weighted by atomic mass is 9.80. The Morgan fingerprint density at radius 2 is 1.41 bits per heavy atom. The van der Waals surface area contributed by atoms with Gasteiger partial charge in [0, 0.05) is 11.8 Å². The van der Waals surface area contributed by atoms with E-state index in [2.05, 4.69) is 4.98 Å². The molecule has 0 bridgehead atoms. The Morgan fingerprint density at radius 1 is 0.909 bits per heavy atom. The standard InChI is InChI=1S/C19H18N2O/c1-14-12-17(18(20)21-13-14)19(22,15-8-4-2-5-9-15)16-10-6-3-7-11-16/h2-13,22H,1H3,(H2,20,21). The molecule has 0 unspecified atom stereocenters. The second kappa shape index (κ2) is 5.62. The molecule has 0 aliphatic heterocycles. The molecule has 0 aliphatic carbocycles. The van der Waals surface area contributed by atoms with Crippen LogP contribution < -0.4 is 5.73 Å². The Kier molecular flexibility index (Phi) is 3.65. The molecule has 2 aromatic carbocycles. The third-order valence-corrected chi connectivity index (χ3v) is 3.83. The van der Waals surface area contributed by atoms with Crippen LogP contribution in [0.1, 0.15) is 22.3 Å². The van der Waals surface area contributed by atoms with Gasteiger partial charge in [-0.1, -0.05) is 60.7 Å². The van der Waals surface area contributed by atoms with Gasteiger partial charge >= 0.3 is 0 Å². The zero-order valence-electron chi connectivity index (χ0n) is 12.4. The highest BCUT2D eigenvalue weighted by atomic mass is 16.3. The number of nitrogen functional groups attached to an aromatic ring is 1. The summed E-state index contributed by atoms with van der Waals surface area (Å²) in [5.74, 6) is 0.334. The van der Waals surface area contributed by atoms with Crippen LogP contribution in [0.15, 0.2) is 72.9 Å². The normalized spacial score (nSPS) is 11.4. The van der Waals surface area contributed by atoms with Gasteiger partial charge in [-0.15, -0.1) is 0 Å². The Hall–Kier alpha value is -2.65. The first-order valence-electron chi connectivity index (χ1n) is 7.18. The molecule has 0 radical (unpaired) electrons. The van der Waals surface area contributed by atoms with Crippen molar-refractivity contribution in [3.63, 3.8) is 0 Å². The van der Waals surface area contributed by atoms with Crippen molar-refractivity contribution in [2.75, 3.05) is 5.73 Å². The van der Waals surface area contributed by atoms with E-state index in [4.69, 9.17) is 5.73 Å². The van der Waals surface area contributed by atoms with Crippen LogP contribution >= 0.6 is 0 Å². The number of aryl methyl sites for hydroxylation is 1. The van der Waals surface area contributed by atoms with Gasteiger partial charge in [0.05, 0.1) is 0 Å². The average Bonchev–Trinajstić information content (AvgIpc) is 2.58. The molecule has 3 aromatic rings. The topological polar surface area (TPSA) is 59.1 Å². The van der Waals surface area contributed by atoms with Gasteiger partial charge in [-0.3, -0.25) is 0 Å². The second-order valence-electron chi connectivity index (χ2n) is 5.39. The second-order valence-corrected chi connectivity index (χ2v) is 5.39. The van der Waals surface area contributed by atoms with Gasteiger partial charge in [0.1, 0.15) is 11.4 Å². The van der Waals surface area contributed by atoms with Crippen molar-refractivity contribution in [2.24, 2.45) is 0 Å². The largest absolute Gasteiger partial charge is 0.383 e. The van der Waals surface area contributed by atoms with E-state index < -0.39 is 5.60 Å². The minimum atomic E-state index is -1.33. The van der Waals surface area contributed by atoms with Crippen molar-refractivity contribution in [3.8, 4) is 0 Å². The number of nitrogens with two attached hydrogens (primary N) is 1. The first kappa shape index (κ1) is 14.3. The molecule has 0 aliphatic rings. The summed E-state index contributed by atoms with van der Waals surface area (Å²) in [6.45, 7) is 1.94. The fourth-order valence-corrected chi connectivity index (χ4v) is 2.71. The minimum absolute atomic E-state index is 0.334. The number of hydrogen-bond donors (Lipinski definition) is 2. The summed E-state index contributed by atoms with van der Waals surface area (Å²) < 4.78 is 0. The molecule has 0 saturated carbocycles. The zero-order chi connectivity index (χ0) is 15.6. The Balaban J connectivity index is 2.31. The van der Waals surface area contributed by atoms with E-state index in [9.17, 15) is 5.11 Å². The predicted octanol–water partition coefficient (Wildman–Crippen LogP) is 3.26. The van der Waals surface area contributed by atoms with Crippen LogP contribution in [-0.2, 0) is 5.60 Å². The SMILES string of the molecule is Cc1cnc(N)c(C(O)(c2ccccc2)c2ccccc2)c1. The first-order chi connectivity index (χ1) is 10.6. The van der Waals surface area contributed by atoms with Gasteiger partial charge in [-0.05, 0) is 29.7 Å². The van der Waals surface area contributed by atoms with Gasteiger partial charge in [-0.2, -0.15) is 0 Å². The Bertz CT molecular complexity index is 730. The van der Waals surface area contributed by atoms with Crippen LogP contribution in [-0.4, -0.2) is 10.1 Å². The number of pyridine rings is 1. The van der Waals surface area contributed by atoms with Crippen molar-refractivity contribution < 1.29 is 5.11 Å². The van der Waals surface area contributed by atoms with Crippen LogP contribution in [0.25, 0.3) is 0 Å². The molecular weight excluding hydrogens is 272 g/mol. The molecule has 0 atom stereocenters. The molecule has 3 nitrogen and oxygen atoms in total. The molecule has 0 amide bonds. The molecule has 110 valence electrons. The summed E-state index contributed by atoms with van der Waals surface area (Å²) >= 11 is 0. The summed E-state index contributed by atoms with van der Waals surface area (Å²) in [6.07, 6.45) is 1.70. The summed E-state index contributed by atoms with van der Waals surface area (Å²) in [5.41, 5.74) is 7.83. The monoisotopic (exact) mass is 290 g/mol. The maximum atomic E-state index is 11.6. The van der Waals surface area contributed by atoms with E-state index in [0.717, 1.165) is 16.7 Å². The number of aliphatic hydroxyl groups is 1. The molecule has 0 fully saturated rings. The van der Waals surface area contributed by atoms with E-state index in [1.807, 2.05) is 73.7 Å². The summed E-state index contributed by atoms with van der Waals surface area (Å²) in [5, 5.41) is 11.6. The minimum Gasteiger partial charge on any atom is -0.383 e. The molecule has 1 aromatic heterocycles. The summed E-state index contributed by atoms with van der Waals surface area (Å²) in [6, 6.07) is 20.9. The number of benzene rings is 2. The third-order valence-electron chi connectivity index (χ3n) is 3.83. The highest BCUT2D eigenvalue weighted by Crippen LogP contribution is 2.38. The average molecular weight is 290 g/mol. The van der Waals surface area contributed by atoms with Crippen LogP contribution in [0.3, 0.4) is 0 Å². The maximum absolute atomic E-state index is 11.6. The lowest BCUT2D eigenvalue weighted by Crippen LogP contribution is -2.30. The molecule has 0 saturated heterocycles. The Morgan fingerprint density at radius 3 is 1.91 bits per heavy atom. The highest BCUT2D eigenvalue weighted by Gasteiger charge is 2.35. The van der Waals surface area contributed by atoms with Gasteiger partial charge < -0.3 is 10.8 Å². The Labute approximate surface area is 130 Å². The highest BCUT2D eigenvalue weighted by molar-refractivity contribution is 5.55. The molecular formula is C19H18N2O. The number of anilines is 1. The van der Waals surface area contributed by atoms with E-state index >= 15 is 0 Å². The summed E-state index contributed by atoms with van der Waals surface area (Å²) in [7, 11) is 0. The number of aromatic nitrogens is 1. The van der Waals surface area contributed by atoms with E-state index in [1.165, 1.54) is 0 Å². The maximum Gasteiger partial charge on any atom is 0.144 e. The van der Waals surface area contributed by atoms with E-state index in [1.54, 1.807) is 6.20 Å². The molecule has 22 heavy (non-hydrogen) atoms. The molecule has 3 rings (SSSR count). The summed E-state index contributed by atoms with van der Waals surface area (Å²) in [4.78, 5) is 4.21. The van der Waals surface area contributed by atoms with Crippen LogP contribution in [0.5, 0.6) is 0 Å².